The van der Waals surface area contributed by atoms with Crippen molar-refractivity contribution in [3.05, 3.63) is 0 Å². The van der Waals surface area contributed by atoms with Gasteiger partial charge in [-0.2, -0.15) is 0 Å². The summed E-state index contributed by atoms with van der Waals surface area (Å²) >= 11 is 1.17. The molecule has 2 fully saturated rings. The van der Waals surface area contributed by atoms with Gasteiger partial charge in [0.1, 0.15) is 0 Å². The third kappa shape index (κ3) is 1.43. The summed E-state index contributed by atoms with van der Waals surface area (Å²) in [4.78, 5) is 0. The average molecular weight is 303 g/mol. The molecule has 0 bridgehead atoms. The Kier molecular flexibility index (Phi) is 2.76. The topological polar surface area (TPSA) is 12.0 Å². The SMILES string of the molecule is C1NCC2CC12.[CH3][Tl]. The second-order valence-electron chi connectivity index (χ2n) is 2.41. The maximum atomic E-state index is 3.32. The van der Waals surface area contributed by atoms with E-state index in [1.807, 2.05) is 0 Å². The zero-order valence-electron chi connectivity index (χ0n) is 5.35. The van der Waals surface area contributed by atoms with Gasteiger partial charge < -0.3 is 5.32 Å². The van der Waals surface area contributed by atoms with E-state index in [2.05, 4.69) is 9.80 Å². The van der Waals surface area contributed by atoms with Crippen LogP contribution in [-0.2, 0) is 0 Å². The predicted molar refractivity (Wildman–Crippen MR) is 36.1 cm³/mol. The number of fused-ring (bicyclic) bond motifs is 1. The number of piperidine rings is 1. The van der Waals surface area contributed by atoms with E-state index in [4.69, 9.17) is 0 Å². The van der Waals surface area contributed by atoms with Crippen LogP contribution in [0.1, 0.15) is 6.42 Å². The quantitative estimate of drug-likeness (QED) is 0.640. The Morgan fingerprint density at radius 2 is 1.75 bits per heavy atom. The Balaban J connectivity index is 0.000000147. The molecule has 2 aliphatic rings. The molecule has 1 aliphatic carbocycles. The van der Waals surface area contributed by atoms with Crippen LogP contribution in [-0.4, -0.2) is 38.9 Å². The minimum atomic E-state index is 1.10. The van der Waals surface area contributed by atoms with Crippen LogP contribution in [0.25, 0.3) is 0 Å². The van der Waals surface area contributed by atoms with Crippen LogP contribution in [0.5, 0.6) is 0 Å². The third-order valence-corrected chi connectivity index (χ3v) is 1.88. The molecule has 2 unspecified atom stereocenters. The first-order valence-corrected chi connectivity index (χ1v) is 7.74. The van der Waals surface area contributed by atoms with Gasteiger partial charge in [0.05, 0.1) is 0 Å². The van der Waals surface area contributed by atoms with Crippen molar-refractivity contribution in [2.45, 2.75) is 10.9 Å². The zero-order valence-corrected chi connectivity index (χ0v) is 9.84. The molecule has 1 N–H and O–H groups in total. The van der Waals surface area contributed by atoms with Gasteiger partial charge in [-0.3, -0.25) is 0 Å². The van der Waals surface area contributed by atoms with E-state index in [1.54, 1.807) is 0 Å². The molecule has 1 aliphatic heterocycles. The summed E-state index contributed by atoms with van der Waals surface area (Å²) < 4.78 is 2.17. The van der Waals surface area contributed by atoms with Crippen molar-refractivity contribution in [1.29, 1.82) is 0 Å². The van der Waals surface area contributed by atoms with Crippen LogP contribution < -0.4 is 5.32 Å². The van der Waals surface area contributed by atoms with Crippen LogP contribution in [0.2, 0.25) is 4.48 Å². The van der Waals surface area contributed by atoms with Gasteiger partial charge in [-0.1, -0.05) is 0 Å². The van der Waals surface area contributed by atoms with E-state index in [0.29, 0.717) is 0 Å². The second kappa shape index (κ2) is 3.15. The molecule has 44 valence electrons. The number of rotatable bonds is 0. The van der Waals surface area contributed by atoms with Crippen molar-refractivity contribution in [3.63, 3.8) is 0 Å². The Morgan fingerprint density at radius 1 is 1.25 bits per heavy atom. The number of hydrogen-bond donors (Lipinski definition) is 1. The fraction of sp³-hybridized carbons (Fsp3) is 1.00. The minimum absolute atomic E-state index is 1.10. The molecular formula is C6H12NTl. The van der Waals surface area contributed by atoms with Crippen LogP contribution in [0.4, 0.5) is 0 Å². The monoisotopic (exact) mass is 303 g/mol. The van der Waals surface area contributed by atoms with E-state index < -0.39 is 0 Å². The van der Waals surface area contributed by atoms with Crippen molar-refractivity contribution in [2.24, 2.45) is 11.8 Å². The summed E-state index contributed by atoms with van der Waals surface area (Å²) in [5.74, 6) is 2.20. The number of hydrogen-bond acceptors (Lipinski definition) is 1. The van der Waals surface area contributed by atoms with Gasteiger partial charge >= 0.3 is 30.3 Å². The van der Waals surface area contributed by atoms with Gasteiger partial charge in [0.25, 0.3) is 0 Å². The normalized spacial score (nSPS) is 39.5. The van der Waals surface area contributed by atoms with Crippen molar-refractivity contribution in [1.82, 2.24) is 5.32 Å². The van der Waals surface area contributed by atoms with Crippen molar-refractivity contribution >= 4 is 25.8 Å². The molecule has 1 heterocycles. The first-order chi connectivity index (χ1) is 3.97. The van der Waals surface area contributed by atoms with E-state index in [-0.39, 0.29) is 0 Å². The van der Waals surface area contributed by atoms with Crippen LogP contribution >= 0.6 is 0 Å². The van der Waals surface area contributed by atoms with Crippen molar-refractivity contribution < 1.29 is 0 Å². The van der Waals surface area contributed by atoms with Crippen LogP contribution in [0.15, 0.2) is 0 Å². The van der Waals surface area contributed by atoms with Crippen molar-refractivity contribution in [3.8, 4) is 0 Å². The molecule has 2 heteroatoms. The van der Waals surface area contributed by atoms with Gasteiger partial charge in [-0.25, -0.2) is 0 Å². The van der Waals surface area contributed by atoms with E-state index >= 15 is 0 Å². The molecule has 2 atom stereocenters. The Bertz CT molecular complexity index is 66.9. The van der Waals surface area contributed by atoms with Gasteiger partial charge in [0, 0.05) is 0 Å². The van der Waals surface area contributed by atoms with Gasteiger partial charge in [0.15, 0.2) is 0 Å². The van der Waals surface area contributed by atoms with Gasteiger partial charge in [-0.05, 0) is 31.3 Å². The molecule has 0 aromatic rings. The van der Waals surface area contributed by atoms with E-state index in [1.165, 1.54) is 45.3 Å². The Morgan fingerprint density at radius 3 is 1.88 bits per heavy atom. The molecule has 8 heavy (non-hydrogen) atoms. The summed E-state index contributed by atoms with van der Waals surface area (Å²) in [7, 11) is 0. The molecule has 1 saturated carbocycles. The molecule has 1 nitrogen and oxygen atoms in total. The summed E-state index contributed by atoms with van der Waals surface area (Å²) in [6.07, 6.45) is 1.52. The molecular weight excluding hydrogens is 290 g/mol. The maximum absolute atomic E-state index is 3.32. The van der Waals surface area contributed by atoms with Crippen molar-refractivity contribution in [2.75, 3.05) is 13.1 Å². The fourth-order valence-corrected chi connectivity index (χ4v) is 1.26. The summed E-state index contributed by atoms with van der Waals surface area (Å²) in [6.45, 7) is 2.62. The number of nitrogens with one attached hydrogen (secondary N) is 1. The summed E-state index contributed by atoms with van der Waals surface area (Å²) in [5, 5.41) is 3.32. The average Bonchev–Trinajstić information content (AvgIpc) is 2.46. The first-order valence-electron chi connectivity index (χ1n) is 3.25. The molecule has 1 saturated heterocycles. The standard InChI is InChI=1S/C5H9N.CH3.Tl/c1-4-2-6-3-5(1)4;;/h4-6H,1-3H2;1H3;. The third-order valence-electron chi connectivity index (χ3n) is 1.88. The van der Waals surface area contributed by atoms with E-state index in [0.717, 1.165) is 11.8 Å². The Labute approximate surface area is 66.9 Å². The first kappa shape index (κ1) is 6.99. The molecule has 0 aromatic heterocycles. The Hall–Kier alpha value is 0.882. The predicted octanol–water partition coefficient (Wildman–Crippen LogP) is 0.429. The zero-order chi connectivity index (χ0) is 5.98. The van der Waals surface area contributed by atoms with Crippen LogP contribution in [0, 0.1) is 11.8 Å². The molecule has 2 rings (SSSR count). The molecule has 0 aromatic carbocycles. The second-order valence-corrected chi connectivity index (χ2v) is 2.41. The molecule has 0 spiro atoms. The molecule has 0 amide bonds. The van der Waals surface area contributed by atoms with Gasteiger partial charge in [0.2, 0.25) is 0 Å². The molecule has 0 radical (unpaired) electrons. The summed E-state index contributed by atoms with van der Waals surface area (Å²) in [5.41, 5.74) is 0. The summed E-state index contributed by atoms with van der Waals surface area (Å²) in [6, 6.07) is 0. The van der Waals surface area contributed by atoms with Crippen LogP contribution in [0.3, 0.4) is 0 Å². The fourth-order valence-electron chi connectivity index (χ4n) is 1.26. The van der Waals surface area contributed by atoms with E-state index in [9.17, 15) is 0 Å². The van der Waals surface area contributed by atoms with Gasteiger partial charge in [-0.15, -0.1) is 0 Å².